The number of hydrogen-bond donors (Lipinski definition) is 2. The SMILES string of the molecule is Cl.O=S1(=O)c2ccccc2Nc2ccc(Cl)cc2N1CC1CCN(C[C@H](O)c2ccc(F)cc2)CC1. The maximum atomic E-state index is 13.7. The highest BCUT2D eigenvalue weighted by Crippen LogP contribution is 2.41. The monoisotopic (exact) mass is 551 g/mol. The molecule has 0 saturated carbocycles. The number of piperidine rings is 1. The summed E-state index contributed by atoms with van der Waals surface area (Å²) in [4.78, 5) is 2.41. The Labute approximate surface area is 222 Å². The number of fused-ring (bicyclic) bond motifs is 2. The van der Waals surface area contributed by atoms with Gasteiger partial charge in [0.05, 0.1) is 23.2 Å². The van der Waals surface area contributed by atoms with E-state index in [-0.39, 0.29) is 29.0 Å². The molecule has 0 aliphatic carbocycles. The topological polar surface area (TPSA) is 72.9 Å². The van der Waals surface area contributed by atoms with Crippen molar-refractivity contribution >= 4 is 51.1 Å². The summed E-state index contributed by atoms with van der Waals surface area (Å²) in [6.07, 6.45) is 0.898. The highest BCUT2D eigenvalue weighted by molar-refractivity contribution is 7.93. The fraction of sp³-hybridized carbons (Fsp3) is 0.308. The first-order valence-electron chi connectivity index (χ1n) is 11.7. The summed E-state index contributed by atoms with van der Waals surface area (Å²) in [6, 6.07) is 18.1. The normalized spacial score (nSPS) is 18.2. The molecule has 1 saturated heterocycles. The summed E-state index contributed by atoms with van der Waals surface area (Å²) in [5, 5.41) is 14.3. The highest BCUT2D eigenvalue weighted by atomic mass is 35.5. The number of nitrogens with one attached hydrogen (secondary N) is 1. The van der Waals surface area contributed by atoms with Gasteiger partial charge in [-0.05, 0) is 79.9 Å². The number of β-amino-alcohol motifs (C(OH)–C–C–N with tert-alkyl or cyclic N) is 1. The Kier molecular flexibility index (Phi) is 8.12. The first-order chi connectivity index (χ1) is 16.8. The number of aliphatic hydroxyl groups is 1. The van der Waals surface area contributed by atoms with Gasteiger partial charge >= 0.3 is 0 Å². The van der Waals surface area contributed by atoms with Crippen LogP contribution in [0.25, 0.3) is 0 Å². The quantitative estimate of drug-likeness (QED) is 0.431. The highest BCUT2D eigenvalue weighted by Gasteiger charge is 2.35. The van der Waals surface area contributed by atoms with Gasteiger partial charge in [0, 0.05) is 18.1 Å². The summed E-state index contributed by atoms with van der Waals surface area (Å²) >= 11 is 6.27. The molecule has 0 bridgehead atoms. The second-order valence-electron chi connectivity index (χ2n) is 9.13. The molecule has 1 atom stereocenters. The van der Waals surface area contributed by atoms with Gasteiger partial charge in [-0.25, -0.2) is 12.8 Å². The van der Waals surface area contributed by atoms with Crippen molar-refractivity contribution in [1.82, 2.24) is 4.90 Å². The van der Waals surface area contributed by atoms with Gasteiger partial charge in [-0.15, -0.1) is 12.4 Å². The molecule has 2 aliphatic heterocycles. The van der Waals surface area contributed by atoms with E-state index in [0.717, 1.165) is 25.9 Å². The molecule has 6 nitrogen and oxygen atoms in total. The number of halogens is 3. The van der Waals surface area contributed by atoms with E-state index in [1.807, 2.05) is 12.1 Å². The van der Waals surface area contributed by atoms with Crippen LogP contribution in [-0.2, 0) is 10.0 Å². The molecule has 0 spiro atoms. The average Bonchev–Trinajstić information content (AvgIpc) is 2.93. The number of para-hydroxylation sites is 1. The third-order valence-corrected chi connectivity index (χ3v) is 8.84. The van der Waals surface area contributed by atoms with E-state index in [9.17, 15) is 17.9 Å². The molecular formula is C26H28Cl2FN3O3S. The van der Waals surface area contributed by atoms with E-state index in [1.54, 1.807) is 42.5 Å². The van der Waals surface area contributed by atoms with Gasteiger partial charge in [0.1, 0.15) is 10.7 Å². The van der Waals surface area contributed by atoms with Crippen molar-refractivity contribution in [3.05, 3.63) is 83.1 Å². The summed E-state index contributed by atoms with van der Waals surface area (Å²) in [5.74, 6) is -0.174. The van der Waals surface area contributed by atoms with E-state index in [1.165, 1.54) is 16.4 Å². The molecule has 2 N–H and O–H groups in total. The standard InChI is InChI=1S/C26H27ClFN3O3S.ClH/c27-20-7-10-22-24(15-20)31(35(33,34)26-4-2-1-3-23(26)29-22)16-18-11-13-30(14-12-18)17-25(32)19-5-8-21(28)9-6-19;/h1-10,15,18,25,29,32H,11-14,16-17H2;1H/t25-;/m0./s1. The molecule has 2 aliphatic rings. The smallest absolute Gasteiger partial charge is 0.266 e. The minimum Gasteiger partial charge on any atom is -0.387 e. The third kappa shape index (κ3) is 5.48. The number of rotatable bonds is 5. The Morgan fingerprint density at radius 2 is 1.72 bits per heavy atom. The molecule has 1 fully saturated rings. The van der Waals surface area contributed by atoms with E-state index in [2.05, 4.69) is 10.2 Å². The van der Waals surface area contributed by atoms with Crippen molar-refractivity contribution in [2.75, 3.05) is 35.8 Å². The molecule has 192 valence electrons. The summed E-state index contributed by atoms with van der Waals surface area (Å²) in [5.41, 5.74) is 2.47. The lowest BCUT2D eigenvalue weighted by Gasteiger charge is -2.36. The van der Waals surface area contributed by atoms with Crippen molar-refractivity contribution < 1.29 is 17.9 Å². The van der Waals surface area contributed by atoms with Crippen LogP contribution in [0.5, 0.6) is 0 Å². The lowest BCUT2D eigenvalue weighted by Crippen LogP contribution is -2.42. The lowest BCUT2D eigenvalue weighted by atomic mass is 9.96. The molecule has 0 amide bonds. The number of anilines is 3. The molecule has 2 heterocycles. The van der Waals surface area contributed by atoms with Crippen LogP contribution >= 0.6 is 24.0 Å². The van der Waals surface area contributed by atoms with Crippen molar-refractivity contribution in [2.45, 2.75) is 23.8 Å². The zero-order chi connectivity index (χ0) is 24.6. The van der Waals surface area contributed by atoms with Gasteiger partial charge in [0.15, 0.2) is 0 Å². The van der Waals surface area contributed by atoms with Gasteiger partial charge in [0.2, 0.25) is 0 Å². The third-order valence-electron chi connectivity index (χ3n) is 6.77. The summed E-state index contributed by atoms with van der Waals surface area (Å²) in [7, 11) is -3.79. The second kappa shape index (κ2) is 10.9. The number of nitrogens with zero attached hydrogens (tertiary/aromatic N) is 2. The van der Waals surface area contributed by atoms with E-state index >= 15 is 0 Å². The fourth-order valence-corrected chi connectivity index (χ4v) is 6.69. The Bertz CT molecular complexity index is 1320. The zero-order valence-electron chi connectivity index (χ0n) is 19.5. The fourth-order valence-electron chi connectivity index (χ4n) is 4.82. The van der Waals surface area contributed by atoms with Crippen LogP contribution in [0.4, 0.5) is 21.5 Å². The van der Waals surface area contributed by atoms with E-state index in [4.69, 9.17) is 11.6 Å². The van der Waals surface area contributed by atoms with Gasteiger partial charge in [-0.2, -0.15) is 0 Å². The molecule has 10 heteroatoms. The maximum absolute atomic E-state index is 13.7. The molecule has 3 aromatic rings. The van der Waals surface area contributed by atoms with Crippen molar-refractivity contribution in [1.29, 1.82) is 0 Å². The molecular weight excluding hydrogens is 524 g/mol. The van der Waals surface area contributed by atoms with E-state index in [0.29, 0.717) is 40.7 Å². The Morgan fingerprint density at radius 3 is 2.44 bits per heavy atom. The Hall–Kier alpha value is -2.36. The predicted molar refractivity (Wildman–Crippen MR) is 143 cm³/mol. The van der Waals surface area contributed by atoms with Gasteiger partial charge in [-0.3, -0.25) is 4.31 Å². The lowest BCUT2D eigenvalue weighted by molar-refractivity contribution is 0.0904. The number of aliphatic hydroxyl groups excluding tert-OH is 1. The van der Waals surface area contributed by atoms with Crippen molar-refractivity contribution in [3.63, 3.8) is 0 Å². The van der Waals surface area contributed by atoms with E-state index < -0.39 is 16.1 Å². The number of hydrogen-bond acceptors (Lipinski definition) is 5. The minimum absolute atomic E-state index is 0. The molecule has 36 heavy (non-hydrogen) atoms. The van der Waals surface area contributed by atoms with Crippen LogP contribution in [0.15, 0.2) is 71.6 Å². The molecule has 3 aromatic carbocycles. The molecule has 5 rings (SSSR count). The Balaban J connectivity index is 0.00000304. The zero-order valence-corrected chi connectivity index (χ0v) is 21.9. The van der Waals surface area contributed by atoms with Crippen LogP contribution in [0.3, 0.4) is 0 Å². The predicted octanol–water partition coefficient (Wildman–Crippen LogP) is 5.60. The Morgan fingerprint density at radius 1 is 1.03 bits per heavy atom. The average molecular weight is 552 g/mol. The number of benzene rings is 3. The van der Waals surface area contributed by atoms with Crippen LogP contribution < -0.4 is 9.62 Å². The van der Waals surface area contributed by atoms with Crippen LogP contribution in [0, 0.1) is 11.7 Å². The molecule has 0 aromatic heterocycles. The van der Waals surface area contributed by atoms with Crippen LogP contribution in [0.1, 0.15) is 24.5 Å². The van der Waals surface area contributed by atoms with Gasteiger partial charge in [-0.1, -0.05) is 35.9 Å². The maximum Gasteiger partial charge on any atom is 0.266 e. The van der Waals surface area contributed by atoms with Gasteiger partial charge in [0.25, 0.3) is 10.0 Å². The number of sulfonamides is 1. The van der Waals surface area contributed by atoms with Crippen LogP contribution in [0.2, 0.25) is 5.02 Å². The molecule has 0 radical (unpaired) electrons. The van der Waals surface area contributed by atoms with Gasteiger partial charge < -0.3 is 15.3 Å². The summed E-state index contributed by atoms with van der Waals surface area (Å²) < 4.78 is 42.1. The first kappa shape index (κ1) is 26.7. The largest absolute Gasteiger partial charge is 0.387 e. The molecule has 0 unspecified atom stereocenters. The minimum atomic E-state index is -3.79. The number of likely N-dealkylation sites (tertiary alicyclic amines) is 1. The first-order valence-corrected chi connectivity index (χ1v) is 13.5. The second-order valence-corrected chi connectivity index (χ2v) is 11.4. The summed E-state index contributed by atoms with van der Waals surface area (Å²) in [6.45, 7) is 2.29. The van der Waals surface area contributed by atoms with Crippen molar-refractivity contribution in [3.8, 4) is 0 Å². The van der Waals surface area contributed by atoms with Crippen LogP contribution in [-0.4, -0.2) is 44.6 Å². The van der Waals surface area contributed by atoms with Crippen molar-refractivity contribution in [2.24, 2.45) is 5.92 Å².